The van der Waals surface area contributed by atoms with Crippen molar-refractivity contribution in [3.63, 3.8) is 0 Å². The summed E-state index contributed by atoms with van der Waals surface area (Å²) in [4.78, 5) is 2.35. The fourth-order valence-corrected chi connectivity index (χ4v) is 1.89. The van der Waals surface area contributed by atoms with Crippen LogP contribution in [0.1, 0.15) is 52.1 Å². The van der Waals surface area contributed by atoms with Crippen LogP contribution in [0.2, 0.25) is 0 Å². The van der Waals surface area contributed by atoms with Gasteiger partial charge in [0.15, 0.2) is 0 Å². The maximum absolute atomic E-state index is 6.19. The van der Waals surface area contributed by atoms with Gasteiger partial charge >= 0.3 is 0 Å². The zero-order chi connectivity index (χ0) is 13.1. The van der Waals surface area contributed by atoms with Gasteiger partial charge in [0.25, 0.3) is 0 Å². The zero-order valence-corrected chi connectivity index (χ0v) is 11.8. The molecule has 0 saturated heterocycles. The Morgan fingerprint density at radius 3 is 2.35 bits per heavy atom. The minimum atomic E-state index is 0.126. The molecule has 1 aromatic carbocycles. The zero-order valence-electron chi connectivity index (χ0n) is 11.8. The molecule has 0 aliphatic heterocycles. The van der Waals surface area contributed by atoms with Crippen molar-refractivity contribution in [2.75, 3.05) is 11.9 Å². The van der Waals surface area contributed by atoms with Gasteiger partial charge in [0, 0.05) is 24.3 Å². The first-order chi connectivity index (χ1) is 7.94. The van der Waals surface area contributed by atoms with Crippen LogP contribution < -0.4 is 10.6 Å². The smallest absolute Gasteiger partial charge is 0.0416 e. The number of hydrogen-bond donors (Lipinski definition) is 1. The van der Waals surface area contributed by atoms with E-state index in [-0.39, 0.29) is 11.6 Å². The lowest BCUT2D eigenvalue weighted by molar-refractivity contribution is 0.468. The lowest BCUT2D eigenvalue weighted by Crippen LogP contribution is -2.41. The van der Waals surface area contributed by atoms with E-state index in [1.54, 1.807) is 0 Å². The molecule has 2 N–H and O–H groups in total. The molecule has 0 spiro atoms. The summed E-state index contributed by atoms with van der Waals surface area (Å²) in [5, 5.41) is 0. The normalized spacial score (nSPS) is 13.5. The highest BCUT2D eigenvalue weighted by molar-refractivity contribution is 5.56. The van der Waals surface area contributed by atoms with E-state index in [1.165, 1.54) is 11.3 Å². The summed E-state index contributed by atoms with van der Waals surface area (Å²) < 4.78 is 0. The number of rotatable bonds is 5. The molecule has 0 heterocycles. The summed E-state index contributed by atoms with van der Waals surface area (Å²) in [6.07, 6.45) is 2.08. The number of nitrogens with zero attached hydrogens (tertiary/aromatic N) is 1. The van der Waals surface area contributed by atoms with Crippen LogP contribution in [0, 0.1) is 0 Å². The molecular formula is C15H26N2. The first-order valence-electron chi connectivity index (χ1n) is 6.52. The van der Waals surface area contributed by atoms with Gasteiger partial charge in [-0.25, -0.2) is 0 Å². The van der Waals surface area contributed by atoms with Crippen molar-refractivity contribution in [2.24, 2.45) is 5.73 Å². The molecule has 0 aromatic heterocycles. The Hall–Kier alpha value is -1.02. The van der Waals surface area contributed by atoms with Gasteiger partial charge < -0.3 is 10.6 Å². The molecule has 0 bridgehead atoms. The van der Waals surface area contributed by atoms with Crippen LogP contribution in [-0.2, 0) is 0 Å². The fraction of sp³-hybridized carbons (Fsp3) is 0.600. The monoisotopic (exact) mass is 234 g/mol. The van der Waals surface area contributed by atoms with Gasteiger partial charge in [-0.15, -0.1) is 0 Å². The number of para-hydroxylation sites is 1. The fourth-order valence-electron chi connectivity index (χ4n) is 1.89. The molecule has 2 heteroatoms. The average molecular weight is 234 g/mol. The maximum atomic E-state index is 6.19. The van der Waals surface area contributed by atoms with Gasteiger partial charge in [0.05, 0.1) is 0 Å². The predicted molar refractivity (Wildman–Crippen MR) is 76.4 cm³/mol. The Kier molecular flexibility index (Phi) is 4.58. The minimum Gasteiger partial charge on any atom is -0.369 e. The summed E-state index contributed by atoms with van der Waals surface area (Å²) in [7, 11) is 2.16. The second-order valence-electron chi connectivity index (χ2n) is 5.30. The van der Waals surface area contributed by atoms with Crippen molar-refractivity contribution in [1.82, 2.24) is 0 Å². The molecule has 1 unspecified atom stereocenters. The standard InChI is InChI=1S/C15H26N2/c1-6-13(16)12-10-8-9-11-14(12)17(5)15(3,4)7-2/h8-11,13H,6-7,16H2,1-5H3. The van der Waals surface area contributed by atoms with Gasteiger partial charge in [0.1, 0.15) is 0 Å². The number of nitrogens with two attached hydrogens (primary N) is 1. The maximum Gasteiger partial charge on any atom is 0.0416 e. The third-order valence-corrected chi connectivity index (χ3v) is 3.91. The molecule has 96 valence electrons. The van der Waals surface area contributed by atoms with Crippen LogP contribution in [-0.4, -0.2) is 12.6 Å². The molecule has 0 amide bonds. The van der Waals surface area contributed by atoms with Crippen molar-refractivity contribution in [1.29, 1.82) is 0 Å². The first-order valence-corrected chi connectivity index (χ1v) is 6.52. The van der Waals surface area contributed by atoms with Gasteiger partial charge in [-0.05, 0) is 38.3 Å². The Morgan fingerprint density at radius 1 is 1.24 bits per heavy atom. The van der Waals surface area contributed by atoms with E-state index in [0.717, 1.165) is 12.8 Å². The van der Waals surface area contributed by atoms with Crippen LogP contribution in [0.5, 0.6) is 0 Å². The third-order valence-electron chi connectivity index (χ3n) is 3.91. The Labute approximate surface area is 106 Å². The van der Waals surface area contributed by atoms with Crippen molar-refractivity contribution in [3.05, 3.63) is 29.8 Å². The van der Waals surface area contributed by atoms with Crippen LogP contribution >= 0.6 is 0 Å². The van der Waals surface area contributed by atoms with Crippen LogP contribution in [0.15, 0.2) is 24.3 Å². The number of anilines is 1. The summed E-state index contributed by atoms with van der Waals surface area (Å²) >= 11 is 0. The first kappa shape index (κ1) is 14.0. The number of benzene rings is 1. The highest BCUT2D eigenvalue weighted by Crippen LogP contribution is 2.31. The van der Waals surface area contributed by atoms with Crippen LogP contribution in [0.3, 0.4) is 0 Å². The van der Waals surface area contributed by atoms with E-state index in [2.05, 4.69) is 63.9 Å². The second kappa shape index (κ2) is 5.54. The molecule has 17 heavy (non-hydrogen) atoms. The lowest BCUT2D eigenvalue weighted by atomic mass is 9.96. The topological polar surface area (TPSA) is 29.3 Å². The minimum absolute atomic E-state index is 0.126. The summed E-state index contributed by atoms with van der Waals surface area (Å²) in [6, 6.07) is 8.60. The van der Waals surface area contributed by atoms with E-state index in [4.69, 9.17) is 5.73 Å². The largest absolute Gasteiger partial charge is 0.369 e. The molecule has 0 saturated carbocycles. The Bertz CT molecular complexity index is 358. The SMILES string of the molecule is CCC(N)c1ccccc1N(C)C(C)(C)CC. The van der Waals surface area contributed by atoms with Crippen molar-refractivity contribution < 1.29 is 0 Å². The molecule has 1 atom stereocenters. The van der Waals surface area contributed by atoms with E-state index in [1.807, 2.05) is 0 Å². The summed E-state index contributed by atoms with van der Waals surface area (Å²) in [5.41, 5.74) is 8.85. The highest BCUT2D eigenvalue weighted by Gasteiger charge is 2.24. The summed E-state index contributed by atoms with van der Waals surface area (Å²) in [6.45, 7) is 8.88. The molecule has 0 radical (unpaired) electrons. The van der Waals surface area contributed by atoms with E-state index in [9.17, 15) is 0 Å². The van der Waals surface area contributed by atoms with Gasteiger partial charge in [-0.3, -0.25) is 0 Å². The van der Waals surface area contributed by atoms with Gasteiger partial charge in [0.2, 0.25) is 0 Å². The van der Waals surface area contributed by atoms with Crippen molar-refractivity contribution in [2.45, 2.75) is 52.1 Å². The Balaban J connectivity index is 3.13. The van der Waals surface area contributed by atoms with Gasteiger partial charge in [-0.1, -0.05) is 32.0 Å². The lowest BCUT2D eigenvalue weighted by Gasteiger charge is -2.38. The molecule has 0 aliphatic rings. The van der Waals surface area contributed by atoms with Crippen molar-refractivity contribution in [3.8, 4) is 0 Å². The number of hydrogen-bond acceptors (Lipinski definition) is 2. The van der Waals surface area contributed by atoms with Crippen LogP contribution in [0.25, 0.3) is 0 Å². The molecular weight excluding hydrogens is 208 g/mol. The molecule has 1 rings (SSSR count). The molecule has 2 nitrogen and oxygen atoms in total. The quantitative estimate of drug-likeness (QED) is 0.841. The van der Waals surface area contributed by atoms with E-state index < -0.39 is 0 Å². The van der Waals surface area contributed by atoms with Crippen molar-refractivity contribution >= 4 is 5.69 Å². The highest BCUT2D eigenvalue weighted by atomic mass is 15.2. The Morgan fingerprint density at radius 2 is 1.82 bits per heavy atom. The molecule has 0 aliphatic carbocycles. The predicted octanol–water partition coefficient (Wildman–Crippen LogP) is 3.72. The molecule has 1 aromatic rings. The van der Waals surface area contributed by atoms with Gasteiger partial charge in [-0.2, -0.15) is 0 Å². The van der Waals surface area contributed by atoms with Crippen LogP contribution in [0.4, 0.5) is 5.69 Å². The van der Waals surface area contributed by atoms with E-state index >= 15 is 0 Å². The average Bonchev–Trinajstić information content (AvgIpc) is 2.36. The summed E-state index contributed by atoms with van der Waals surface area (Å²) in [5.74, 6) is 0. The molecule has 0 fully saturated rings. The third kappa shape index (κ3) is 3.01. The second-order valence-corrected chi connectivity index (χ2v) is 5.30. The van der Waals surface area contributed by atoms with E-state index in [0.29, 0.717) is 0 Å².